The lowest BCUT2D eigenvalue weighted by molar-refractivity contribution is -0.119. The van der Waals surface area contributed by atoms with Crippen molar-refractivity contribution in [3.63, 3.8) is 0 Å². The molecule has 1 rings (SSSR count). The van der Waals surface area contributed by atoms with Gasteiger partial charge in [-0.2, -0.15) is 0 Å². The number of thiocarbonyl (C=S) groups is 1. The molecule has 1 aromatic carbocycles. The van der Waals surface area contributed by atoms with Crippen molar-refractivity contribution in [2.45, 2.75) is 26.2 Å². The minimum atomic E-state index is -0.0234. The molecule has 1 aromatic rings. The lowest BCUT2D eigenvalue weighted by atomic mass is 10.1. The fourth-order valence-corrected chi connectivity index (χ4v) is 1.64. The first-order valence-electron chi connectivity index (χ1n) is 5.84. The van der Waals surface area contributed by atoms with Crippen LogP contribution < -0.4 is 10.6 Å². The van der Waals surface area contributed by atoms with Crippen molar-refractivity contribution in [1.82, 2.24) is 10.6 Å². The number of rotatable bonds is 5. The number of benzene rings is 1. The van der Waals surface area contributed by atoms with E-state index in [1.165, 1.54) is 5.56 Å². The molecule has 17 heavy (non-hydrogen) atoms. The fraction of sp³-hybridized carbons (Fsp3) is 0.385. The van der Waals surface area contributed by atoms with Gasteiger partial charge in [-0.1, -0.05) is 37.3 Å². The van der Waals surface area contributed by atoms with E-state index < -0.39 is 0 Å². The van der Waals surface area contributed by atoms with Gasteiger partial charge in [-0.25, -0.2) is 0 Å². The third kappa shape index (κ3) is 6.02. The second-order valence-electron chi connectivity index (χ2n) is 3.79. The van der Waals surface area contributed by atoms with E-state index in [9.17, 15) is 4.79 Å². The second kappa shape index (κ2) is 7.79. The summed E-state index contributed by atoms with van der Waals surface area (Å²) in [5, 5.41) is 6.08. The van der Waals surface area contributed by atoms with Crippen LogP contribution in [0.2, 0.25) is 0 Å². The Morgan fingerprint density at radius 3 is 2.65 bits per heavy atom. The molecule has 0 aliphatic heterocycles. The minimum absolute atomic E-state index is 0.0234. The van der Waals surface area contributed by atoms with Crippen LogP contribution in [0.5, 0.6) is 0 Å². The number of nitrogens with one attached hydrogen (secondary N) is 2. The van der Waals surface area contributed by atoms with E-state index in [0.717, 1.165) is 19.4 Å². The molecule has 0 saturated heterocycles. The van der Waals surface area contributed by atoms with Gasteiger partial charge >= 0.3 is 0 Å². The van der Waals surface area contributed by atoms with Crippen molar-refractivity contribution in [2.24, 2.45) is 0 Å². The van der Waals surface area contributed by atoms with E-state index in [1.807, 2.05) is 25.1 Å². The number of hydrogen-bond donors (Lipinski definition) is 2. The van der Waals surface area contributed by atoms with Gasteiger partial charge < -0.3 is 10.6 Å². The summed E-state index contributed by atoms with van der Waals surface area (Å²) in [5.41, 5.74) is 1.25. The van der Waals surface area contributed by atoms with Gasteiger partial charge in [-0.05, 0) is 30.6 Å². The molecular formula is C13H18N2OS. The van der Waals surface area contributed by atoms with Crippen LogP contribution in [-0.2, 0) is 11.2 Å². The van der Waals surface area contributed by atoms with Gasteiger partial charge in [-0.3, -0.25) is 4.79 Å². The van der Waals surface area contributed by atoms with Crippen LogP contribution in [0.25, 0.3) is 0 Å². The van der Waals surface area contributed by atoms with E-state index in [-0.39, 0.29) is 5.91 Å². The van der Waals surface area contributed by atoms with Crippen LogP contribution >= 0.6 is 12.2 Å². The first kappa shape index (κ1) is 13.6. The van der Waals surface area contributed by atoms with Crippen molar-refractivity contribution in [2.75, 3.05) is 6.54 Å². The van der Waals surface area contributed by atoms with E-state index in [4.69, 9.17) is 12.2 Å². The Hall–Kier alpha value is -1.42. The third-order valence-electron chi connectivity index (χ3n) is 2.27. The molecule has 0 aromatic heterocycles. The molecule has 0 aliphatic rings. The summed E-state index contributed by atoms with van der Waals surface area (Å²) in [6.45, 7) is 2.70. The highest BCUT2D eigenvalue weighted by Gasteiger charge is 2.02. The Balaban J connectivity index is 2.18. The maximum atomic E-state index is 11.2. The van der Waals surface area contributed by atoms with Gasteiger partial charge in [0, 0.05) is 13.0 Å². The zero-order valence-electron chi connectivity index (χ0n) is 10.0. The average Bonchev–Trinajstić information content (AvgIpc) is 2.30. The van der Waals surface area contributed by atoms with Crippen LogP contribution in [-0.4, -0.2) is 17.6 Å². The quantitative estimate of drug-likeness (QED) is 0.786. The van der Waals surface area contributed by atoms with Crippen LogP contribution in [0.4, 0.5) is 0 Å². The molecule has 1 amide bonds. The lowest BCUT2D eigenvalue weighted by Crippen LogP contribution is -2.39. The monoisotopic (exact) mass is 250 g/mol. The van der Waals surface area contributed by atoms with E-state index in [1.54, 1.807) is 0 Å². The molecule has 4 heteroatoms. The number of amides is 1. The summed E-state index contributed by atoms with van der Waals surface area (Å²) in [6, 6.07) is 10.2. The Morgan fingerprint density at radius 1 is 1.29 bits per heavy atom. The maximum absolute atomic E-state index is 11.2. The van der Waals surface area contributed by atoms with Crippen LogP contribution in [0.15, 0.2) is 30.3 Å². The molecule has 0 fully saturated rings. The zero-order chi connectivity index (χ0) is 12.5. The third-order valence-corrected chi connectivity index (χ3v) is 2.52. The summed E-state index contributed by atoms with van der Waals surface area (Å²) < 4.78 is 0. The highest BCUT2D eigenvalue weighted by molar-refractivity contribution is 7.80. The Kier molecular flexibility index (Phi) is 6.25. The topological polar surface area (TPSA) is 41.1 Å². The summed E-state index contributed by atoms with van der Waals surface area (Å²) >= 11 is 5.02. The highest BCUT2D eigenvalue weighted by atomic mass is 32.1. The summed E-state index contributed by atoms with van der Waals surface area (Å²) in [7, 11) is 0. The first-order chi connectivity index (χ1) is 8.22. The SMILES string of the molecule is CCCC(=O)NC(=S)NCCc1ccccc1. The molecule has 0 unspecified atom stereocenters. The average molecular weight is 250 g/mol. The largest absolute Gasteiger partial charge is 0.362 e. The summed E-state index contributed by atoms with van der Waals surface area (Å²) in [4.78, 5) is 11.2. The van der Waals surface area contributed by atoms with E-state index in [0.29, 0.717) is 11.5 Å². The number of carbonyl (C=O) groups excluding carboxylic acids is 1. The Bertz CT molecular complexity index is 365. The number of carbonyl (C=O) groups is 1. The standard InChI is InChI=1S/C13H18N2OS/c1-2-6-12(16)15-13(17)14-10-9-11-7-4-3-5-8-11/h3-5,7-8H,2,6,9-10H2,1H3,(H2,14,15,16,17). The van der Waals surface area contributed by atoms with Crippen molar-refractivity contribution in [1.29, 1.82) is 0 Å². The molecule has 3 nitrogen and oxygen atoms in total. The van der Waals surface area contributed by atoms with E-state index in [2.05, 4.69) is 22.8 Å². The maximum Gasteiger partial charge on any atom is 0.226 e. The Morgan fingerprint density at radius 2 is 2.00 bits per heavy atom. The molecule has 0 atom stereocenters. The lowest BCUT2D eigenvalue weighted by Gasteiger charge is -2.08. The van der Waals surface area contributed by atoms with Crippen molar-refractivity contribution >= 4 is 23.2 Å². The van der Waals surface area contributed by atoms with Crippen molar-refractivity contribution in [3.05, 3.63) is 35.9 Å². The summed E-state index contributed by atoms with van der Waals surface area (Å²) in [5.74, 6) is -0.0234. The van der Waals surface area contributed by atoms with Gasteiger partial charge in [0.1, 0.15) is 0 Å². The van der Waals surface area contributed by atoms with Crippen LogP contribution in [0.3, 0.4) is 0 Å². The first-order valence-corrected chi connectivity index (χ1v) is 6.24. The van der Waals surface area contributed by atoms with E-state index >= 15 is 0 Å². The molecule has 2 N–H and O–H groups in total. The molecule has 0 saturated carbocycles. The number of hydrogen-bond acceptors (Lipinski definition) is 2. The second-order valence-corrected chi connectivity index (χ2v) is 4.20. The van der Waals surface area contributed by atoms with Crippen LogP contribution in [0, 0.1) is 0 Å². The fourth-order valence-electron chi connectivity index (χ4n) is 1.43. The normalized spacial score (nSPS) is 9.71. The van der Waals surface area contributed by atoms with Crippen molar-refractivity contribution in [3.8, 4) is 0 Å². The van der Waals surface area contributed by atoms with Gasteiger partial charge in [0.25, 0.3) is 0 Å². The predicted octanol–water partition coefficient (Wildman–Crippen LogP) is 2.02. The summed E-state index contributed by atoms with van der Waals surface area (Å²) in [6.07, 6.45) is 2.24. The molecule has 92 valence electrons. The molecule has 0 aliphatic carbocycles. The molecule has 0 heterocycles. The zero-order valence-corrected chi connectivity index (χ0v) is 10.8. The van der Waals surface area contributed by atoms with Crippen LogP contribution in [0.1, 0.15) is 25.3 Å². The molecular weight excluding hydrogens is 232 g/mol. The molecule has 0 radical (unpaired) electrons. The molecule has 0 bridgehead atoms. The molecule has 0 spiro atoms. The highest BCUT2D eigenvalue weighted by Crippen LogP contribution is 1.97. The van der Waals surface area contributed by atoms with Gasteiger partial charge in [-0.15, -0.1) is 0 Å². The van der Waals surface area contributed by atoms with Crippen molar-refractivity contribution < 1.29 is 4.79 Å². The minimum Gasteiger partial charge on any atom is -0.362 e. The Labute approximate surface area is 108 Å². The van der Waals surface area contributed by atoms with Gasteiger partial charge in [0.05, 0.1) is 0 Å². The smallest absolute Gasteiger partial charge is 0.226 e. The van der Waals surface area contributed by atoms with Gasteiger partial charge in [0.15, 0.2) is 5.11 Å². The predicted molar refractivity (Wildman–Crippen MR) is 73.8 cm³/mol. The van der Waals surface area contributed by atoms with Gasteiger partial charge in [0.2, 0.25) is 5.91 Å².